The number of unbranched alkanes of at least 4 members (excludes halogenated alkanes) is 7. The Bertz CT molecular complexity index is 453. The van der Waals surface area contributed by atoms with Crippen molar-refractivity contribution < 1.29 is 14.3 Å². The summed E-state index contributed by atoms with van der Waals surface area (Å²) in [4.78, 5) is 24.4. The smallest absolute Gasteiger partial charge is 0.316 e. The van der Waals surface area contributed by atoms with Gasteiger partial charge in [-0.15, -0.1) is 0 Å². The first-order valence-corrected chi connectivity index (χ1v) is 8.87. The lowest BCUT2D eigenvalue weighted by molar-refractivity contribution is -0.143. The zero-order valence-corrected chi connectivity index (χ0v) is 14.6. The Kier molecular flexibility index (Phi) is 10.0. The lowest BCUT2D eigenvalue weighted by Gasteiger charge is -2.13. The van der Waals surface area contributed by atoms with Crippen molar-refractivity contribution in [1.82, 2.24) is 0 Å². The van der Waals surface area contributed by atoms with Crippen molar-refractivity contribution >= 4 is 11.8 Å². The van der Waals surface area contributed by atoms with Gasteiger partial charge in [0.2, 0.25) is 0 Å². The van der Waals surface area contributed by atoms with Gasteiger partial charge in [-0.05, 0) is 6.42 Å². The van der Waals surface area contributed by atoms with Gasteiger partial charge in [-0.3, -0.25) is 9.59 Å². The van der Waals surface area contributed by atoms with Gasteiger partial charge in [0, 0.05) is 5.56 Å². The summed E-state index contributed by atoms with van der Waals surface area (Å²) in [5, 5.41) is 0. The maximum Gasteiger partial charge on any atom is 0.316 e. The monoisotopic (exact) mass is 318 g/mol. The normalized spacial score (nSPS) is 11.9. The van der Waals surface area contributed by atoms with Crippen LogP contribution in [0.2, 0.25) is 0 Å². The number of carbonyl (C=O) groups is 2. The second-order valence-electron chi connectivity index (χ2n) is 6.07. The number of hydrogen-bond donors (Lipinski definition) is 0. The summed E-state index contributed by atoms with van der Waals surface area (Å²) < 4.78 is 4.82. The minimum Gasteiger partial charge on any atom is -0.468 e. The van der Waals surface area contributed by atoms with Crippen LogP contribution >= 0.6 is 0 Å². The highest BCUT2D eigenvalue weighted by atomic mass is 16.5. The van der Waals surface area contributed by atoms with Crippen LogP contribution in [0.1, 0.15) is 75.1 Å². The molecule has 0 N–H and O–H groups in total. The highest BCUT2D eigenvalue weighted by molar-refractivity contribution is 6.08. The molecule has 0 fully saturated rings. The van der Waals surface area contributed by atoms with Crippen LogP contribution in [0.3, 0.4) is 0 Å². The molecule has 128 valence electrons. The van der Waals surface area contributed by atoms with Crippen molar-refractivity contribution in [3.8, 4) is 0 Å². The van der Waals surface area contributed by atoms with Crippen LogP contribution in [0.4, 0.5) is 0 Å². The van der Waals surface area contributed by atoms with Crippen LogP contribution in [0.25, 0.3) is 0 Å². The number of Topliss-reactive ketones (excluding diaryl/α,β-unsaturated/α-hetero) is 1. The van der Waals surface area contributed by atoms with Gasteiger partial charge in [-0.25, -0.2) is 0 Å². The van der Waals surface area contributed by atoms with Gasteiger partial charge in [0.15, 0.2) is 5.78 Å². The van der Waals surface area contributed by atoms with Crippen LogP contribution in [0.5, 0.6) is 0 Å². The van der Waals surface area contributed by atoms with Crippen LogP contribution in [0.15, 0.2) is 30.3 Å². The van der Waals surface area contributed by atoms with Crippen molar-refractivity contribution in [2.24, 2.45) is 5.92 Å². The molecule has 1 unspecified atom stereocenters. The number of esters is 1. The molecule has 0 amide bonds. The largest absolute Gasteiger partial charge is 0.468 e. The van der Waals surface area contributed by atoms with Gasteiger partial charge in [0.05, 0.1) is 7.11 Å². The maximum atomic E-state index is 12.5. The van der Waals surface area contributed by atoms with E-state index in [1.54, 1.807) is 12.1 Å². The summed E-state index contributed by atoms with van der Waals surface area (Å²) in [6.07, 6.45) is 10.2. The van der Waals surface area contributed by atoms with Gasteiger partial charge < -0.3 is 4.74 Å². The average molecular weight is 318 g/mol. The number of benzene rings is 1. The molecular weight excluding hydrogens is 288 g/mol. The molecule has 0 heterocycles. The second-order valence-corrected chi connectivity index (χ2v) is 6.07. The number of ketones is 1. The molecule has 0 aliphatic rings. The minimum absolute atomic E-state index is 0.125. The van der Waals surface area contributed by atoms with Crippen molar-refractivity contribution in [2.45, 2.75) is 64.7 Å². The fourth-order valence-electron chi connectivity index (χ4n) is 2.78. The first kappa shape index (κ1) is 19.4. The van der Waals surface area contributed by atoms with E-state index in [0.29, 0.717) is 12.0 Å². The quantitative estimate of drug-likeness (QED) is 0.230. The Morgan fingerprint density at radius 2 is 1.48 bits per heavy atom. The predicted molar refractivity (Wildman–Crippen MR) is 93.5 cm³/mol. The Morgan fingerprint density at radius 3 is 2.04 bits per heavy atom. The van der Waals surface area contributed by atoms with Gasteiger partial charge in [0.25, 0.3) is 0 Å². The molecule has 1 atom stereocenters. The summed E-state index contributed by atoms with van der Waals surface area (Å²) in [5.41, 5.74) is 0.586. The fourth-order valence-corrected chi connectivity index (χ4v) is 2.78. The summed E-state index contributed by atoms with van der Waals surface area (Å²) >= 11 is 0. The minimum atomic E-state index is -0.664. The summed E-state index contributed by atoms with van der Waals surface area (Å²) in [6, 6.07) is 9.01. The van der Waals surface area contributed by atoms with E-state index in [-0.39, 0.29) is 5.78 Å². The average Bonchev–Trinajstić information content (AvgIpc) is 2.60. The molecule has 1 rings (SSSR count). The molecule has 0 bridgehead atoms. The molecule has 0 saturated carbocycles. The summed E-state index contributed by atoms with van der Waals surface area (Å²) in [6.45, 7) is 2.22. The first-order valence-electron chi connectivity index (χ1n) is 8.87. The maximum absolute atomic E-state index is 12.5. The number of methoxy groups -OCH3 is 1. The standard InChI is InChI=1S/C20H30O3/c1-3-4-5-6-7-8-9-13-16-18(20(22)23-2)19(21)17-14-11-10-12-15-17/h10-12,14-15,18H,3-9,13,16H2,1-2H3. The van der Waals surface area contributed by atoms with Crippen molar-refractivity contribution in [2.75, 3.05) is 7.11 Å². The van der Waals surface area contributed by atoms with Crippen molar-refractivity contribution in [3.05, 3.63) is 35.9 Å². The molecular formula is C20H30O3. The number of carbonyl (C=O) groups excluding carboxylic acids is 2. The highest BCUT2D eigenvalue weighted by Gasteiger charge is 2.27. The molecule has 0 spiro atoms. The van der Waals surface area contributed by atoms with Crippen LogP contribution in [-0.2, 0) is 9.53 Å². The van der Waals surface area contributed by atoms with Gasteiger partial charge in [-0.1, -0.05) is 88.6 Å². The van der Waals surface area contributed by atoms with Gasteiger partial charge in [-0.2, -0.15) is 0 Å². The highest BCUT2D eigenvalue weighted by Crippen LogP contribution is 2.19. The van der Waals surface area contributed by atoms with E-state index in [1.165, 1.54) is 45.6 Å². The lowest BCUT2D eigenvalue weighted by atomic mass is 9.92. The van der Waals surface area contributed by atoms with E-state index in [1.807, 2.05) is 18.2 Å². The Labute approximate surface area is 140 Å². The van der Waals surface area contributed by atoms with E-state index >= 15 is 0 Å². The number of rotatable bonds is 12. The molecule has 0 aliphatic heterocycles. The second kappa shape index (κ2) is 11.9. The molecule has 3 heteroatoms. The van der Waals surface area contributed by atoms with Crippen molar-refractivity contribution in [1.29, 1.82) is 0 Å². The Morgan fingerprint density at radius 1 is 0.913 bits per heavy atom. The molecule has 0 aromatic heterocycles. The SMILES string of the molecule is CCCCCCCCCCC(C(=O)OC)C(=O)c1ccccc1. The third-order valence-electron chi connectivity index (χ3n) is 4.21. The van der Waals surface area contributed by atoms with Crippen LogP contribution in [0, 0.1) is 5.92 Å². The number of hydrogen-bond acceptors (Lipinski definition) is 3. The predicted octanol–water partition coefficient (Wildman–Crippen LogP) is 5.19. The van der Waals surface area contributed by atoms with Gasteiger partial charge >= 0.3 is 5.97 Å². The molecule has 1 aromatic rings. The molecule has 0 saturated heterocycles. The molecule has 0 radical (unpaired) electrons. The zero-order chi connectivity index (χ0) is 16.9. The lowest BCUT2D eigenvalue weighted by Crippen LogP contribution is -2.25. The molecule has 0 aliphatic carbocycles. The Balaban J connectivity index is 2.38. The number of ether oxygens (including phenoxy) is 1. The Hall–Kier alpha value is -1.64. The van der Waals surface area contributed by atoms with Crippen molar-refractivity contribution in [3.63, 3.8) is 0 Å². The molecule has 3 nitrogen and oxygen atoms in total. The van der Waals surface area contributed by atoms with Crippen LogP contribution < -0.4 is 0 Å². The van der Waals surface area contributed by atoms with E-state index in [2.05, 4.69) is 6.92 Å². The van der Waals surface area contributed by atoms with E-state index in [4.69, 9.17) is 4.74 Å². The van der Waals surface area contributed by atoms with E-state index in [0.717, 1.165) is 12.8 Å². The zero-order valence-electron chi connectivity index (χ0n) is 14.6. The molecule has 23 heavy (non-hydrogen) atoms. The molecule has 1 aromatic carbocycles. The summed E-state index contributed by atoms with van der Waals surface area (Å²) in [7, 11) is 1.35. The fraction of sp³-hybridized carbons (Fsp3) is 0.600. The first-order chi connectivity index (χ1) is 11.2. The third-order valence-corrected chi connectivity index (χ3v) is 4.21. The van der Waals surface area contributed by atoms with E-state index < -0.39 is 11.9 Å². The summed E-state index contributed by atoms with van der Waals surface area (Å²) in [5.74, 6) is -1.20. The van der Waals surface area contributed by atoms with Gasteiger partial charge in [0.1, 0.15) is 5.92 Å². The van der Waals surface area contributed by atoms with E-state index in [9.17, 15) is 9.59 Å². The third kappa shape index (κ3) is 7.45. The topological polar surface area (TPSA) is 43.4 Å². The van der Waals surface area contributed by atoms with Crippen LogP contribution in [-0.4, -0.2) is 18.9 Å².